The summed E-state index contributed by atoms with van der Waals surface area (Å²) < 4.78 is 16.2. The number of rotatable bonds is 7. The van der Waals surface area contributed by atoms with Crippen molar-refractivity contribution in [3.63, 3.8) is 0 Å². The van der Waals surface area contributed by atoms with Gasteiger partial charge in [-0.25, -0.2) is 9.69 Å². The van der Waals surface area contributed by atoms with E-state index in [0.29, 0.717) is 0 Å². The lowest BCUT2D eigenvalue weighted by Crippen LogP contribution is -2.47. The van der Waals surface area contributed by atoms with Crippen LogP contribution < -0.4 is 4.74 Å². The fourth-order valence-corrected chi connectivity index (χ4v) is 3.95. The Bertz CT molecular complexity index is 723. The van der Waals surface area contributed by atoms with E-state index in [4.69, 9.17) is 14.2 Å². The Kier molecular flexibility index (Phi) is 6.88. The molecule has 1 fully saturated rings. The summed E-state index contributed by atoms with van der Waals surface area (Å²) in [4.78, 5) is 26.3. The van der Waals surface area contributed by atoms with Crippen molar-refractivity contribution in [3.05, 3.63) is 42.0 Å². The number of nitrogens with zero attached hydrogens (tertiary/aromatic N) is 1. The largest absolute Gasteiger partial charge is 0.497 e. The number of carbonyl (C=O) groups excluding carboxylic acids is 2. The molecule has 6 heteroatoms. The third-order valence-electron chi connectivity index (χ3n) is 5.12. The van der Waals surface area contributed by atoms with Gasteiger partial charge in [0.05, 0.1) is 19.3 Å². The smallest absolute Gasteiger partial charge is 0.417 e. The third kappa shape index (κ3) is 4.55. The molecule has 0 saturated carbocycles. The maximum atomic E-state index is 12.8. The van der Waals surface area contributed by atoms with Gasteiger partial charge in [0, 0.05) is 19.1 Å². The molecule has 0 bridgehead atoms. The number of ether oxygens (including phenoxy) is 3. The van der Waals surface area contributed by atoms with Crippen LogP contribution in [0.25, 0.3) is 0 Å². The maximum Gasteiger partial charge on any atom is 0.417 e. The van der Waals surface area contributed by atoms with E-state index < -0.39 is 11.7 Å². The van der Waals surface area contributed by atoms with Gasteiger partial charge in [-0.05, 0) is 37.5 Å². The van der Waals surface area contributed by atoms with Crippen molar-refractivity contribution in [3.8, 4) is 5.75 Å². The molecule has 1 saturated heterocycles. The Morgan fingerprint density at radius 2 is 1.79 bits per heavy atom. The fourth-order valence-electron chi connectivity index (χ4n) is 3.95. The number of benzene rings is 1. The Labute approximate surface area is 167 Å². The van der Waals surface area contributed by atoms with Crippen LogP contribution in [0, 0.1) is 11.8 Å². The molecule has 1 aliphatic heterocycles. The third-order valence-corrected chi connectivity index (χ3v) is 5.12. The van der Waals surface area contributed by atoms with E-state index in [1.807, 2.05) is 58.9 Å². The van der Waals surface area contributed by atoms with E-state index in [0.717, 1.165) is 11.3 Å². The van der Waals surface area contributed by atoms with Gasteiger partial charge >= 0.3 is 6.09 Å². The molecule has 3 atom stereocenters. The highest BCUT2D eigenvalue weighted by Crippen LogP contribution is 2.34. The monoisotopic (exact) mass is 389 g/mol. The number of imide groups is 1. The molecule has 0 spiro atoms. The molecule has 1 aromatic carbocycles. The quantitative estimate of drug-likeness (QED) is 0.649. The number of cyclic esters (lactones) is 1. The SMILES string of the molecule is COc1ccc([C@H](OC)[C@@H](C)/C=C/C(=O)N2C(=O)OC(C)(C)[C@@H]2C(C)C)cc1. The Morgan fingerprint density at radius 1 is 1.18 bits per heavy atom. The van der Waals surface area contributed by atoms with Gasteiger partial charge in [0.15, 0.2) is 0 Å². The Balaban J connectivity index is 2.16. The average Bonchev–Trinajstić information content (AvgIpc) is 2.89. The van der Waals surface area contributed by atoms with E-state index in [1.54, 1.807) is 20.3 Å². The van der Waals surface area contributed by atoms with E-state index >= 15 is 0 Å². The molecular weight excluding hydrogens is 358 g/mol. The molecule has 0 aliphatic carbocycles. The van der Waals surface area contributed by atoms with Crippen LogP contribution >= 0.6 is 0 Å². The zero-order valence-electron chi connectivity index (χ0n) is 17.8. The highest BCUT2D eigenvalue weighted by molar-refractivity contribution is 6.00. The van der Waals surface area contributed by atoms with Crippen molar-refractivity contribution in [2.24, 2.45) is 11.8 Å². The van der Waals surface area contributed by atoms with Gasteiger partial charge in [0.25, 0.3) is 5.91 Å². The van der Waals surface area contributed by atoms with Gasteiger partial charge in [-0.1, -0.05) is 39.0 Å². The minimum absolute atomic E-state index is 0.0773. The normalized spacial score (nSPS) is 21.1. The summed E-state index contributed by atoms with van der Waals surface area (Å²) in [7, 11) is 3.26. The molecule has 28 heavy (non-hydrogen) atoms. The molecule has 2 rings (SSSR count). The first kappa shape index (κ1) is 22.0. The summed E-state index contributed by atoms with van der Waals surface area (Å²) in [5.41, 5.74) is 0.271. The van der Waals surface area contributed by atoms with Gasteiger partial charge in [-0.2, -0.15) is 0 Å². The summed E-state index contributed by atoms with van der Waals surface area (Å²) in [6.07, 6.45) is 2.40. The first-order valence-corrected chi connectivity index (χ1v) is 9.53. The minimum Gasteiger partial charge on any atom is -0.497 e. The van der Waals surface area contributed by atoms with Gasteiger partial charge in [0.2, 0.25) is 0 Å². The molecule has 0 aromatic heterocycles. The number of methoxy groups -OCH3 is 2. The first-order valence-electron chi connectivity index (χ1n) is 9.53. The van der Waals surface area contributed by atoms with Crippen LogP contribution in [0.4, 0.5) is 4.79 Å². The second kappa shape index (κ2) is 8.78. The molecular formula is C22H31NO5. The summed E-state index contributed by atoms with van der Waals surface area (Å²) in [6, 6.07) is 7.31. The van der Waals surface area contributed by atoms with E-state index in [9.17, 15) is 9.59 Å². The Morgan fingerprint density at radius 3 is 2.29 bits per heavy atom. The highest BCUT2D eigenvalue weighted by Gasteiger charge is 2.51. The lowest BCUT2D eigenvalue weighted by Gasteiger charge is -2.30. The van der Waals surface area contributed by atoms with Crippen LogP contribution in [0.15, 0.2) is 36.4 Å². The van der Waals surface area contributed by atoms with Crippen LogP contribution in [-0.2, 0) is 14.3 Å². The fraction of sp³-hybridized carbons (Fsp3) is 0.545. The summed E-state index contributed by atoms with van der Waals surface area (Å²) in [5.74, 6) is 0.409. The second-order valence-corrected chi connectivity index (χ2v) is 8.02. The standard InChI is InChI=1S/C22H31NO5/c1-14(2)20-22(4,5)28-21(25)23(20)18(24)13-8-15(3)19(27-7)16-9-11-17(26-6)12-10-16/h8-15,19-20H,1-7H3/b13-8+/t15-,19+,20-/m0/s1. The lowest BCUT2D eigenvalue weighted by molar-refractivity contribution is -0.125. The minimum atomic E-state index is -0.710. The average molecular weight is 389 g/mol. The Hall–Kier alpha value is -2.34. The number of hydrogen-bond acceptors (Lipinski definition) is 5. The lowest BCUT2D eigenvalue weighted by atomic mass is 9.89. The van der Waals surface area contributed by atoms with Crippen molar-refractivity contribution in [2.45, 2.75) is 52.4 Å². The van der Waals surface area contributed by atoms with Crippen LogP contribution in [0.1, 0.15) is 46.3 Å². The van der Waals surface area contributed by atoms with E-state index in [-0.39, 0.29) is 29.9 Å². The van der Waals surface area contributed by atoms with Crippen molar-refractivity contribution < 1.29 is 23.8 Å². The van der Waals surface area contributed by atoms with E-state index in [2.05, 4.69) is 0 Å². The van der Waals surface area contributed by atoms with Gasteiger partial charge in [-0.15, -0.1) is 0 Å². The number of hydrogen-bond donors (Lipinski definition) is 0. The van der Waals surface area contributed by atoms with Crippen LogP contribution in [0.3, 0.4) is 0 Å². The molecule has 6 nitrogen and oxygen atoms in total. The van der Waals surface area contributed by atoms with E-state index in [1.165, 1.54) is 11.0 Å². The van der Waals surface area contributed by atoms with Crippen LogP contribution in [0.2, 0.25) is 0 Å². The summed E-state index contributed by atoms with van der Waals surface area (Å²) in [6.45, 7) is 9.59. The second-order valence-electron chi connectivity index (χ2n) is 8.02. The van der Waals surface area contributed by atoms with Crippen molar-refractivity contribution in [2.75, 3.05) is 14.2 Å². The first-order chi connectivity index (χ1) is 13.1. The molecule has 1 aromatic rings. The van der Waals surface area contributed by atoms with Crippen LogP contribution in [0.5, 0.6) is 5.75 Å². The van der Waals surface area contributed by atoms with Gasteiger partial charge in [-0.3, -0.25) is 4.79 Å². The van der Waals surface area contributed by atoms with Crippen molar-refractivity contribution >= 4 is 12.0 Å². The predicted octanol–water partition coefficient (Wildman–Crippen LogP) is 4.36. The molecule has 0 unspecified atom stereocenters. The summed E-state index contributed by atoms with van der Waals surface area (Å²) >= 11 is 0. The highest BCUT2D eigenvalue weighted by atomic mass is 16.6. The zero-order valence-corrected chi connectivity index (χ0v) is 17.8. The molecule has 154 valence electrons. The van der Waals surface area contributed by atoms with Gasteiger partial charge < -0.3 is 14.2 Å². The predicted molar refractivity (Wildman–Crippen MR) is 107 cm³/mol. The maximum absolute atomic E-state index is 12.8. The number of amides is 2. The van der Waals surface area contributed by atoms with Crippen LogP contribution in [-0.4, -0.2) is 42.8 Å². The molecule has 0 N–H and O–H groups in total. The summed E-state index contributed by atoms with van der Waals surface area (Å²) in [5, 5.41) is 0. The number of carbonyl (C=O) groups is 2. The van der Waals surface area contributed by atoms with Crippen molar-refractivity contribution in [1.29, 1.82) is 0 Å². The molecule has 1 aliphatic rings. The van der Waals surface area contributed by atoms with Crippen molar-refractivity contribution in [1.82, 2.24) is 4.90 Å². The zero-order chi connectivity index (χ0) is 21.1. The molecule has 2 amide bonds. The van der Waals surface area contributed by atoms with Gasteiger partial charge in [0.1, 0.15) is 11.4 Å². The molecule has 0 radical (unpaired) electrons. The molecule has 1 heterocycles. The topological polar surface area (TPSA) is 65.1 Å².